The minimum atomic E-state index is -0.00997. The Kier molecular flexibility index (Phi) is 6.62. The molecule has 30 heavy (non-hydrogen) atoms. The summed E-state index contributed by atoms with van der Waals surface area (Å²) >= 11 is 6.00. The van der Waals surface area contributed by atoms with Crippen LogP contribution in [0.15, 0.2) is 47.7 Å². The number of nitrogens with one attached hydrogen (secondary N) is 1. The van der Waals surface area contributed by atoms with Gasteiger partial charge in [0.2, 0.25) is 0 Å². The fourth-order valence-electron chi connectivity index (χ4n) is 3.91. The lowest BCUT2D eigenvalue weighted by Gasteiger charge is -2.32. The van der Waals surface area contributed by atoms with Gasteiger partial charge in [-0.3, -0.25) is 14.8 Å². The summed E-state index contributed by atoms with van der Waals surface area (Å²) in [7, 11) is 1.61. The summed E-state index contributed by atoms with van der Waals surface area (Å²) in [4.78, 5) is 23.4. The summed E-state index contributed by atoms with van der Waals surface area (Å²) in [5, 5.41) is 4.27. The van der Waals surface area contributed by atoms with Gasteiger partial charge in [0.25, 0.3) is 5.56 Å². The number of ether oxygens (including phenoxy) is 1. The Morgan fingerprint density at radius 2 is 2.00 bits per heavy atom. The van der Waals surface area contributed by atoms with Crippen LogP contribution in [0.5, 0.6) is 5.75 Å². The number of halogens is 1. The lowest BCUT2D eigenvalue weighted by atomic mass is 10.0. The summed E-state index contributed by atoms with van der Waals surface area (Å²) in [5.74, 6) is 0.656. The second-order valence-electron chi connectivity index (χ2n) is 7.61. The molecule has 0 bridgehead atoms. The Bertz CT molecular complexity index is 1060. The number of likely N-dealkylation sites (tertiary alicyclic amines) is 1. The van der Waals surface area contributed by atoms with Gasteiger partial charge in [-0.15, -0.1) is 0 Å². The van der Waals surface area contributed by atoms with Gasteiger partial charge in [0.05, 0.1) is 29.4 Å². The first-order chi connectivity index (χ1) is 14.6. The SMILES string of the molecule is COc1cnc2ccc(=O)n(CCN3CCC(NCc4cncc(Cl)c4)CC3)c2c1. The van der Waals surface area contributed by atoms with Crippen LogP contribution >= 0.6 is 11.6 Å². The molecule has 0 saturated carbocycles. The first-order valence-electron chi connectivity index (χ1n) is 10.2. The summed E-state index contributed by atoms with van der Waals surface area (Å²) in [6.45, 7) is 4.26. The lowest BCUT2D eigenvalue weighted by Crippen LogP contribution is -2.43. The second-order valence-corrected chi connectivity index (χ2v) is 8.05. The molecule has 158 valence electrons. The maximum Gasteiger partial charge on any atom is 0.251 e. The Labute approximate surface area is 180 Å². The van der Waals surface area contributed by atoms with Crippen molar-refractivity contribution in [2.24, 2.45) is 0 Å². The number of fused-ring (bicyclic) bond motifs is 1. The molecule has 0 radical (unpaired) electrons. The monoisotopic (exact) mass is 427 g/mol. The molecule has 1 N–H and O–H groups in total. The molecule has 0 atom stereocenters. The van der Waals surface area contributed by atoms with Crippen LogP contribution in [0.4, 0.5) is 0 Å². The molecule has 8 heteroatoms. The van der Waals surface area contributed by atoms with E-state index in [0.717, 1.165) is 55.6 Å². The predicted molar refractivity (Wildman–Crippen MR) is 118 cm³/mol. The van der Waals surface area contributed by atoms with Crippen molar-refractivity contribution in [2.75, 3.05) is 26.7 Å². The number of methoxy groups -OCH3 is 1. The average Bonchev–Trinajstić information content (AvgIpc) is 2.77. The van der Waals surface area contributed by atoms with Crippen molar-refractivity contribution in [3.8, 4) is 5.75 Å². The third-order valence-corrected chi connectivity index (χ3v) is 5.84. The van der Waals surface area contributed by atoms with E-state index in [1.54, 1.807) is 36.2 Å². The van der Waals surface area contributed by atoms with Crippen molar-refractivity contribution in [3.63, 3.8) is 0 Å². The van der Waals surface area contributed by atoms with Crippen LogP contribution in [0.1, 0.15) is 18.4 Å². The van der Waals surface area contributed by atoms with E-state index in [9.17, 15) is 4.79 Å². The van der Waals surface area contributed by atoms with Crippen molar-refractivity contribution < 1.29 is 4.74 Å². The number of hydrogen-bond acceptors (Lipinski definition) is 6. The van der Waals surface area contributed by atoms with Crippen LogP contribution < -0.4 is 15.6 Å². The Hall–Kier alpha value is -2.48. The molecular formula is C22H26ClN5O2. The van der Waals surface area contributed by atoms with Crippen LogP contribution in [0.2, 0.25) is 5.02 Å². The zero-order chi connectivity index (χ0) is 20.9. The van der Waals surface area contributed by atoms with Crippen molar-refractivity contribution in [1.29, 1.82) is 0 Å². The van der Waals surface area contributed by atoms with Gasteiger partial charge in [-0.25, -0.2) is 0 Å². The standard InChI is InChI=1S/C22H26ClN5O2/c1-30-19-11-21-20(26-15-19)2-3-22(29)28(21)9-8-27-6-4-18(5-7-27)25-13-16-10-17(23)14-24-12-16/h2-3,10-12,14-15,18,25H,4-9,13H2,1H3. The van der Waals surface area contributed by atoms with Crippen molar-refractivity contribution in [1.82, 2.24) is 24.8 Å². The third-order valence-electron chi connectivity index (χ3n) is 5.63. The summed E-state index contributed by atoms with van der Waals surface area (Å²) in [5.41, 5.74) is 2.70. The maximum absolute atomic E-state index is 12.5. The van der Waals surface area contributed by atoms with Crippen molar-refractivity contribution in [3.05, 3.63) is 63.8 Å². The van der Waals surface area contributed by atoms with E-state index in [0.29, 0.717) is 23.4 Å². The van der Waals surface area contributed by atoms with Crippen LogP contribution in [0.25, 0.3) is 11.0 Å². The average molecular weight is 428 g/mol. The highest BCUT2D eigenvalue weighted by molar-refractivity contribution is 6.30. The van der Waals surface area contributed by atoms with E-state index in [2.05, 4.69) is 20.2 Å². The van der Waals surface area contributed by atoms with Crippen LogP contribution in [0.3, 0.4) is 0 Å². The molecule has 0 amide bonds. The topological polar surface area (TPSA) is 72.3 Å². The molecule has 0 spiro atoms. The first kappa shape index (κ1) is 20.8. The number of aromatic nitrogens is 3. The van der Waals surface area contributed by atoms with Gasteiger partial charge in [0.15, 0.2) is 0 Å². The fraction of sp³-hybridized carbons (Fsp3) is 0.409. The lowest BCUT2D eigenvalue weighted by molar-refractivity contribution is 0.191. The largest absolute Gasteiger partial charge is 0.495 e. The molecule has 3 aromatic heterocycles. The van der Waals surface area contributed by atoms with Crippen LogP contribution in [-0.2, 0) is 13.1 Å². The zero-order valence-electron chi connectivity index (χ0n) is 17.1. The Morgan fingerprint density at radius 3 is 2.77 bits per heavy atom. The molecule has 1 fully saturated rings. The zero-order valence-corrected chi connectivity index (χ0v) is 17.8. The van der Waals surface area contributed by atoms with E-state index in [1.165, 1.54) is 0 Å². The van der Waals surface area contributed by atoms with Gasteiger partial charge < -0.3 is 19.5 Å². The minimum Gasteiger partial charge on any atom is -0.495 e. The Morgan fingerprint density at radius 1 is 1.17 bits per heavy atom. The molecular weight excluding hydrogens is 402 g/mol. The first-order valence-corrected chi connectivity index (χ1v) is 10.6. The van der Waals surface area contributed by atoms with Crippen LogP contribution in [-0.4, -0.2) is 52.2 Å². The molecule has 0 aliphatic carbocycles. The van der Waals surface area contributed by atoms with E-state index in [1.807, 2.05) is 18.3 Å². The molecule has 4 rings (SSSR count). The summed E-state index contributed by atoms with van der Waals surface area (Å²) < 4.78 is 7.07. The molecule has 4 heterocycles. The molecule has 1 saturated heterocycles. The second kappa shape index (κ2) is 9.55. The molecule has 0 unspecified atom stereocenters. The molecule has 3 aromatic rings. The number of pyridine rings is 3. The number of rotatable bonds is 7. The maximum atomic E-state index is 12.5. The Balaban J connectivity index is 1.32. The predicted octanol–water partition coefficient (Wildman–Crippen LogP) is 2.71. The highest BCUT2D eigenvalue weighted by Crippen LogP contribution is 2.17. The number of nitrogens with zero attached hydrogens (tertiary/aromatic N) is 4. The van der Waals surface area contributed by atoms with Crippen molar-refractivity contribution >= 4 is 22.6 Å². The van der Waals surface area contributed by atoms with E-state index >= 15 is 0 Å². The molecule has 0 aromatic carbocycles. The normalized spacial score (nSPS) is 15.5. The fourth-order valence-corrected chi connectivity index (χ4v) is 4.10. The van der Waals surface area contributed by atoms with E-state index in [-0.39, 0.29) is 5.56 Å². The van der Waals surface area contributed by atoms with Gasteiger partial charge in [0, 0.05) is 50.2 Å². The summed E-state index contributed by atoms with van der Waals surface area (Å²) in [6.07, 6.45) is 7.33. The number of hydrogen-bond donors (Lipinski definition) is 1. The van der Waals surface area contributed by atoms with Crippen LogP contribution in [0, 0.1) is 0 Å². The quantitative estimate of drug-likeness (QED) is 0.625. The van der Waals surface area contributed by atoms with E-state index < -0.39 is 0 Å². The van der Waals surface area contributed by atoms with Gasteiger partial charge in [-0.05, 0) is 43.6 Å². The number of piperidine rings is 1. The highest BCUT2D eigenvalue weighted by atomic mass is 35.5. The molecule has 1 aliphatic heterocycles. The van der Waals surface area contributed by atoms with Crippen molar-refractivity contribution in [2.45, 2.75) is 32.0 Å². The highest BCUT2D eigenvalue weighted by Gasteiger charge is 2.19. The molecule has 7 nitrogen and oxygen atoms in total. The van der Waals surface area contributed by atoms with E-state index in [4.69, 9.17) is 16.3 Å². The molecule has 1 aliphatic rings. The minimum absolute atomic E-state index is 0.00997. The van der Waals surface area contributed by atoms with Gasteiger partial charge >= 0.3 is 0 Å². The van der Waals surface area contributed by atoms with Gasteiger partial charge in [-0.1, -0.05) is 11.6 Å². The smallest absolute Gasteiger partial charge is 0.251 e. The summed E-state index contributed by atoms with van der Waals surface area (Å²) in [6, 6.07) is 7.66. The third kappa shape index (κ3) is 4.98. The van der Waals surface area contributed by atoms with Gasteiger partial charge in [-0.2, -0.15) is 0 Å². The van der Waals surface area contributed by atoms with Gasteiger partial charge in [0.1, 0.15) is 5.75 Å².